The van der Waals surface area contributed by atoms with E-state index in [9.17, 15) is 29.1 Å². The fourth-order valence-corrected chi connectivity index (χ4v) is 4.82. The van der Waals surface area contributed by atoms with Crippen LogP contribution in [-0.4, -0.2) is 70.4 Å². The molecule has 2 aromatic carbocycles. The number of carboxylic acid groups (broad SMARTS) is 1. The molecule has 1 heterocycles. The number of aromatic nitrogens is 1. The predicted molar refractivity (Wildman–Crippen MR) is 165 cm³/mol. The zero-order chi connectivity index (χ0) is 32.1. The second kappa shape index (κ2) is 16.8. The highest BCUT2D eigenvalue weighted by Crippen LogP contribution is 2.19. The Kier molecular flexibility index (Phi) is 12.9. The molecule has 0 aliphatic heterocycles. The number of nitrogens with one attached hydrogen (secondary N) is 4. The summed E-state index contributed by atoms with van der Waals surface area (Å²) in [5.41, 5.74) is 19.4. The van der Waals surface area contributed by atoms with Crippen LogP contribution in [0.15, 0.2) is 60.8 Å². The summed E-state index contributed by atoms with van der Waals surface area (Å²) >= 11 is 0. The van der Waals surface area contributed by atoms with Crippen molar-refractivity contribution in [2.45, 2.75) is 69.1 Å². The molecule has 0 radical (unpaired) electrons. The van der Waals surface area contributed by atoms with Crippen molar-refractivity contribution in [2.24, 2.45) is 17.2 Å². The van der Waals surface area contributed by atoms with Crippen molar-refractivity contribution in [3.63, 3.8) is 0 Å². The normalized spacial score (nSPS) is 13.8. The number of para-hydroxylation sites is 1. The highest BCUT2D eigenvalue weighted by Gasteiger charge is 2.31. The van der Waals surface area contributed by atoms with Gasteiger partial charge in [-0.15, -0.1) is 0 Å². The van der Waals surface area contributed by atoms with E-state index in [1.165, 1.54) is 0 Å². The van der Waals surface area contributed by atoms with Gasteiger partial charge in [-0.05, 0) is 55.8 Å². The molecular weight excluding hydrogens is 566 g/mol. The third kappa shape index (κ3) is 10.2. The first-order chi connectivity index (χ1) is 21.1. The van der Waals surface area contributed by atoms with E-state index < -0.39 is 53.8 Å². The lowest BCUT2D eigenvalue weighted by Crippen LogP contribution is -2.57. The number of carbonyl (C=O) groups is 5. The molecule has 3 aromatic rings. The third-order valence-corrected chi connectivity index (χ3v) is 7.24. The van der Waals surface area contributed by atoms with Gasteiger partial charge in [-0.1, -0.05) is 48.5 Å². The largest absolute Gasteiger partial charge is 0.480 e. The molecule has 11 N–H and O–H groups in total. The van der Waals surface area contributed by atoms with E-state index in [0.29, 0.717) is 24.9 Å². The molecule has 236 valence electrons. The maximum atomic E-state index is 13.6. The highest BCUT2D eigenvalue weighted by molar-refractivity contribution is 5.95. The Morgan fingerprint density at radius 3 is 2.09 bits per heavy atom. The van der Waals surface area contributed by atoms with Crippen molar-refractivity contribution in [3.8, 4) is 0 Å². The van der Waals surface area contributed by atoms with Gasteiger partial charge in [0.2, 0.25) is 23.6 Å². The summed E-state index contributed by atoms with van der Waals surface area (Å²) in [6.45, 7) is 0.392. The number of unbranched alkanes of at least 4 members (excludes halogenated alkanes) is 1. The summed E-state index contributed by atoms with van der Waals surface area (Å²) in [7, 11) is 0. The second-order valence-corrected chi connectivity index (χ2v) is 10.7. The molecule has 0 spiro atoms. The first-order valence-corrected chi connectivity index (χ1v) is 14.6. The van der Waals surface area contributed by atoms with Crippen LogP contribution in [0.3, 0.4) is 0 Å². The average Bonchev–Trinajstić information content (AvgIpc) is 3.41. The summed E-state index contributed by atoms with van der Waals surface area (Å²) in [4.78, 5) is 66.3. The number of amides is 4. The Hall–Kier alpha value is -4.75. The summed E-state index contributed by atoms with van der Waals surface area (Å²) in [5.74, 6) is -4.00. The number of hydrogen-bond donors (Lipinski definition) is 8. The molecule has 4 atom stereocenters. The zero-order valence-electron chi connectivity index (χ0n) is 24.5. The molecule has 0 saturated heterocycles. The van der Waals surface area contributed by atoms with Crippen LogP contribution in [-0.2, 0) is 36.8 Å². The van der Waals surface area contributed by atoms with Crippen LogP contribution in [0.5, 0.6) is 0 Å². The minimum atomic E-state index is -1.41. The second-order valence-electron chi connectivity index (χ2n) is 10.7. The standard InChI is InChI=1S/C31H41N7O6/c32-15-7-6-12-24(36-28(40)22(33)16-19-8-2-1-3-9-19)29(41)38-26(17-20-18-35-23-11-5-4-10-21(20)23)30(42)37-25(31(43)44)13-14-27(34)39/h1-5,8-11,18,22,24-26,35H,6-7,12-17,32-33H2,(H2,34,39)(H,36,40)(H,37,42)(H,38,41)(H,43,44). The fraction of sp³-hybridized carbons (Fsp3) is 0.387. The lowest BCUT2D eigenvalue weighted by molar-refractivity contribution is -0.142. The number of H-pyrrole nitrogens is 1. The molecule has 0 saturated carbocycles. The molecule has 0 fully saturated rings. The van der Waals surface area contributed by atoms with Gasteiger partial charge in [-0.25, -0.2) is 4.79 Å². The maximum absolute atomic E-state index is 13.6. The predicted octanol–water partition coefficient (Wildman–Crippen LogP) is 0.214. The first-order valence-electron chi connectivity index (χ1n) is 14.6. The van der Waals surface area contributed by atoms with Crippen LogP contribution < -0.4 is 33.2 Å². The van der Waals surface area contributed by atoms with E-state index in [4.69, 9.17) is 17.2 Å². The zero-order valence-corrected chi connectivity index (χ0v) is 24.5. The molecular formula is C31H41N7O6. The summed E-state index contributed by atoms with van der Waals surface area (Å²) in [5, 5.41) is 18.3. The van der Waals surface area contributed by atoms with Crippen LogP contribution in [0.25, 0.3) is 10.9 Å². The number of aromatic amines is 1. The number of hydrogen-bond acceptors (Lipinski definition) is 7. The highest BCUT2D eigenvalue weighted by atomic mass is 16.4. The molecule has 4 unspecified atom stereocenters. The number of carbonyl (C=O) groups excluding carboxylic acids is 4. The number of fused-ring (bicyclic) bond motifs is 1. The molecule has 0 bridgehead atoms. The number of nitrogens with two attached hydrogens (primary N) is 3. The molecule has 44 heavy (non-hydrogen) atoms. The molecule has 1 aromatic heterocycles. The van der Waals surface area contributed by atoms with E-state index in [1.54, 1.807) is 6.20 Å². The van der Waals surface area contributed by atoms with Crippen molar-refractivity contribution in [1.29, 1.82) is 0 Å². The van der Waals surface area contributed by atoms with E-state index in [2.05, 4.69) is 20.9 Å². The van der Waals surface area contributed by atoms with Gasteiger partial charge in [-0.3, -0.25) is 19.2 Å². The smallest absolute Gasteiger partial charge is 0.326 e. The molecule has 4 amide bonds. The van der Waals surface area contributed by atoms with Crippen LogP contribution >= 0.6 is 0 Å². The van der Waals surface area contributed by atoms with Gasteiger partial charge in [0, 0.05) is 29.9 Å². The van der Waals surface area contributed by atoms with Crippen LogP contribution in [0, 0.1) is 0 Å². The monoisotopic (exact) mass is 607 g/mol. The van der Waals surface area contributed by atoms with Gasteiger partial charge in [0.05, 0.1) is 6.04 Å². The Labute approximate surface area is 255 Å². The quantitative estimate of drug-likeness (QED) is 0.0929. The van der Waals surface area contributed by atoms with Crippen LogP contribution in [0.2, 0.25) is 0 Å². The molecule has 13 heteroatoms. The minimum Gasteiger partial charge on any atom is -0.480 e. The SMILES string of the molecule is NCCCCC(NC(=O)C(N)Cc1ccccc1)C(=O)NC(Cc1c[nH]c2ccccc12)C(=O)NC(CCC(N)=O)C(=O)O. The van der Waals surface area contributed by atoms with E-state index in [0.717, 1.165) is 16.5 Å². The summed E-state index contributed by atoms with van der Waals surface area (Å²) < 4.78 is 0. The maximum Gasteiger partial charge on any atom is 0.326 e. The topological polar surface area (TPSA) is 236 Å². The molecule has 0 aliphatic carbocycles. The van der Waals surface area contributed by atoms with Gasteiger partial charge in [0.25, 0.3) is 0 Å². The van der Waals surface area contributed by atoms with Gasteiger partial charge in [0.15, 0.2) is 0 Å². The van der Waals surface area contributed by atoms with E-state index in [1.807, 2.05) is 54.6 Å². The van der Waals surface area contributed by atoms with Crippen molar-refractivity contribution < 1.29 is 29.1 Å². The number of aliphatic carboxylic acids is 1. The molecule has 0 aliphatic rings. The van der Waals surface area contributed by atoms with Crippen molar-refractivity contribution in [1.82, 2.24) is 20.9 Å². The minimum absolute atomic E-state index is 0.0146. The molecule has 13 nitrogen and oxygen atoms in total. The first kappa shape index (κ1) is 33.7. The summed E-state index contributed by atoms with van der Waals surface area (Å²) in [6.07, 6.45) is 2.88. The Morgan fingerprint density at radius 1 is 0.773 bits per heavy atom. The van der Waals surface area contributed by atoms with Crippen LogP contribution in [0.4, 0.5) is 0 Å². The van der Waals surface area contributed by atoms with Crippen molar-refractivity contribution >= 4 is 40.5 Å². The van der Waals surface area contributed by atoms with Gasteiger partial charge < -0.3 is 43.2 Å². The Balaban J connectivity index is 1.82. The number of benzene rings is 2. The lowest BCUT2D eigenvalue weighted by Gasteiger charge is -2.25. The van der Waals surface area contributed by atoms with Crippen LogP contribution in [0.1, 0.15) is 43.2 Å². The van der Waals surface area contributed by atoms with E-state index >= 15 is 0 Å². The summed E-state index contributed by atoms with van der Waals surface area (Å²) in [6, 6.07) is 12.0. The molecule has 3 rings (SSSR count). The van der Waals surface area contributed by atoms with Crippen molar-refractivity contribution in [2.75, 3.05) is 6.54 Å². The van der Waals surface area contributed by atoms with Crippen molar-refractivity contribution in [3.05, 3.63) is 71.9 Å². The number of rotatable bonds is 18. The Bertz CT molecular complexity index is 1430. The Morgan fingerprint density at radius 2 is 1.41 bits per heavy atom. The lowest BCUT2D eigenvalue weighted by atomic mass is 10.0. The number of primary amides is 1. The van der Waals surface area contributed by atoms with Gasteiger partial charge in [-0.2, -0.15) is 0 Å². The van der Waals surface area contributed by atoms with Gasteiger partial charge in [0.1, 0.15) is 18.1 Å². The third-order valence-electron chi connectivity index (χ3n) is 7.24. The average molecular weight is 608 g/mol. The van der Waals surface area contributed by atoms with E-state index in [-0.39, 0.29) is 32.1 Å². The number of carboxylic acids is 1. The van der Waals surface area contributed by atoms with Gasteiger partial charge >= 0.3 is 5.97 Å². The fourth-order valence-electron chi connectivity index (χ4n) is 4.82.